The van der Waals surface area contributed by atoms with Crippen molar-refractivity contribution in [3.63, 3.8) is 0 Å². The lowest BCUT2D eigenvalue weighted by Crippen LogP contribution is -2.63. The molecule has 1 N–H and O–H groups in total. The highest BCUT2D eigenvalue weighted by molar-refractivity contribution is 5.96. The summed E-state index contributed by atoms with van der Waals surface area (Å²) in [5, 5.41) is 13.4. The van der Waals surface area contributed by atoms with Crippen LogP contribution in [0.3, 0.4) is 0 Å². The summed E-state index contributed by atoms with van der Waals surface area (Å²) in [7, 11) is 1.49. The average Bonchev–Trinajstić information content (AvgIpc) is 2.77. The SMILES string of the molecule is COC(=O)C1CCC2(C)CCC3C(=CC(=O)C4C3(C)CCC3C(C)(C)C(=NO)CCC34C)C2C1. The Kier molecular flexibility index (Phi) is 5.43. The quantitative estimate of drug-likeness (QED) is 0.282. The number of methoxy groups -OCH3 is 1. The largest absolute Gasteiger partial charge is 0.469 e. The summed E-state index contributed by atoms with van der Waals surface area (Å²) in [5.41, 5.74) is 2.08. The van der Waals surface area contributed by atoms with Crippen molar-refractivity contribution >= 4 is 17.5 Å². The maximum atomic E-state index is 14.1. The van der Waals surface area contributed by atoms with E-state index in [1.807, 2.05) is 0 Å². The molecule has 8 unspecified atom stereocenters. The molecule has 188 valence electrons. The van der Waals surface area contributed by atoms with Crippen LogP contribution in [-0.2, 0) is 14.3 Å². The normalized spacial score (nSPS) is 48.6. The minimum Gasteiger partial charge on any atom is -0.469 e. The molecule has 0 radical (unpaired) electrons. The molecule has 34 heavy (non-hydrogen) atoms. The highest BCUT2D eigenvalue weighted by Gasteiger charge is 2.66. The van der Waals surface area contributed by atoms with E-state index in [1.165, 1.54) is 19.1 Å². The highest BCUT2D eigenvalue weighted by atomic mass is 16.5. The van der Waals surface area contributed by atoms with E-state index in [0.717, 1.165) is 57.1 Å². The number of nitrogens with zero attached hydrogens (tertiary/aromatic N) is 1. The van der Waals surface area contributed by atoms with Crippen LogP contribution in [0.5, 0.6) is 0 Å². The van der Waals surface area contributed by atoms with Crippen molar-refractivity contribution in [1.29, 1.82) is 0 Å². The van der Waals surface area contributed by atoms with Gasteiger partial charge in [-0.1, -0.05) is 45.3 Å². The monoisotopic (exact) mass is 469 g/mol. The summed E-state index contributed by atoms with van der Waals surface area (Å²) >= 11 is 0. The second-order valence-corrected chi connectivity index (χ2v) is 13.6. The summed E-state index contributed by atoms with van der Waals surface area (Å²) in [6, 6.07) is 0. The van der Waals surface area contributed by atoms with Gasteiger partial charge in [0.1, 0.15) is 0 Å². The molecule has 0 saturated heterocycles. The Morgan fingerprint density at radius 1 is 1.00 bits per heavy atom. The molecule has 5 aliphatic carbocycles. The Labute approximate surface area is 204 Å². The number of rotatable bonds is 1. The van der Waals surface area contributed by atoms with Crippen molar-refractivity contribution in [2.24, 2.45) is 56.4 Å². The summed E-state index contributed by atoms with van der Waals surface area (Å²) < 4.78 is 5.12. The van der Waals surface area contributed by atoms with Crippen LogP contribution in [-0.4, -0.2) is 29.8 Å². The van der Waals surface area contributed by atoms with Crippen molar-refractivity contribution < 1.29 is 19.5 Å². The van der Waals surface area contributed by atoms with Crippen molar-refractivity contribution in [2.45, 2.75) is 92.4 Å². The van der Waals surface area contributed by atoms with Crippen LogP contribution in [0.4, 0.5) is 0 Å². The van der Waals surface area contributed by atoms with Crippen molar-refractivity contribution in [3.05, 3.63) is 11.6 Å². The van der Waals surface area contributed by atoms with Crippen LogP contribution in [0.25, 0.3) is 0 Å². The third kappa shape index (κ3) is 3.07. The molecule has 0 aromatic rings. The first kappa shape index (κ1) is 24.1. The second-order valence-electron chi connectivity index (χ2n) is 13.6. The lowest BCUT2D eigenvalue weighted by atomic mass is 9.37. The first-order valence-corrected chi connectivity index (χ1v) is 13.5. The van der Waals surface area contributed by atoms with Gasteiger partial charge in [0.2, 0.25) is 0 Å². The molecule has 4 saturated carbocycles. The first-order chi connectivity index (χ1) is 15.9. The fourth-order valence-electron chi connectivity index (χ4n) is 10.1. The molecular weight excluding hydrogens is 426 g/mol. The molecule has 0 aliphatic heterocycles. The summed E-state index contributed by atoms with van der Waals surface area (Å²) in [4.78, 5) is 26.6. The average molecular weight is 470 g/mol. The molecule has 0 heterocycles. The number of fused-ring (bicyclic) bond motifs is 7. The lowest BCUT2D eigenvalue weighted by molar-refractivity contribution is -0.159. The fraction of sp³-hybridized carbons (Fsp3) is 0.828. The highest BCUT2D eigenvalue weighted by Crippen LogP contribution is 2.70. The van der Waals surface area contributed by atoms with Gasteiger partial charge in [-0.05, 0) is 97.9 Å². The molecular formula is C29H43NO4. The molecule has 5 aliphatic rings. The number of carbonyl (C=O) groups excluding carboxylic acids is 2. The smallest absolute Gasteiger partial charge is 0.308 e. The molecule has 5 rings (SSSR count). The minimum absolute atomic E-state index is 0.0105. The third-order valence-corrected chi connectivity index (χ3v) is 11.9. The first-order valence-electron chi connectivity index (χ1n) is 13.5. The van der Waals surface area contributed by atoms with Crippen LogP contribution >= 0.6 is 0 Å². The number of carbonyl (C=O) groups is 2. The number of ketones is 1. The maximum absolute atomic E-state index is 14.1. The third-order valence-electron chi connectivity index (χ3n) is 11.9. The molecule has 0 aromatic carbocycles. The van der Waals surface area contributed by atoms with Gasteiger partial charge in [0.05, 0.1) is 18.7 Å². The van der Waals surface area contributed by atoms with Gasteiger partial charge in [-0.25, -0.2) is 0 Å². The van der Waals surface area contributed by atoms with Crippen molar-refractivity contribution in [2.75, 3.05) is 7.11 Å². The van der Waals surface area contributed by atoms with Gasteiger partial charge in [0.25, 0.3) is 0 Å². The van der Waals surface area contributed by atoms with Gasteiger partial charge in [-0.15, -0.1) is 0 Å². The molecule has 4 fully saturated rings. The Bertz CT molecular complexity index is 965. The second kappa shape index (κ2) is 7.67. The number of oxime groups is 1. The van der Waals surface area contributed by atoms with E-state index in [2.05, 4.69) is 45.9 Å². The molecule has 8 atom stereocenters. The van der Waals surface area contributed by atoms with Gasteiger partial charge in [-0.2, -0.15) is 0 Å². The molecule has 0 bridgehead atoms. The van der Waals surface area contributed by atoms with E-state index in [0.29, 0.717) is 23.5 Å². The molecule has 0 spiro atoms. The van der Waals surface area contributed by atoms with Crippen LogP contribution in [0.15, 0.2) is 16.8 Å². The van der Waals surface area contributed by atoms with Gasteiger partial charge in [0.15, 0.2) is 5.78 Å². The van der Waals surface area contributed by atoms with Crippen molar-refractivity contribution in [1.82, 2.24) is 0 Å². The topological polar surface area (TPSA) is 76.0 Å². The number of allylic oxidation sites excluding steroid dienone is 2. The molecule has 5 nitrogen and oxygen atoms in total. The Hall–Kier alpha value is -1.65. The van der Waals surface area contributed by atoms with E-state index in [-0.39, 0.29) is 39.5 Å². The van der Waals surface area contributed by atoms with Crippen LogP contribution in [0.1, 0.15) is 92.4 Å². The zero-order valence-electron chi connectivity index (χ0n) is 21.9. The van der Waals surface area contributed by atoms with Gasteiger partial charge < -0.3 is 9.94 Å². The Balaban J connectivity index is 1.55. The maximum Gasteiger partial charge on any atom is 0.308 e. The lowest BCUT2D eigenvalue weighted by Gasteiger charge is -2.66. The van der Waals surface area contributed by atoms with Crippen LogP contribution in [0.2, 0.25) is 0 Å². The number of esters is 1. The fourth-order valence-corrected chi connectivity index (χ4v) is 10.1. The minimum atomic E-state index is -0.199. The van der Waals surface area contributed by atoms with E-state index in [9.17, 15) is 14.8 Å². The Morgan fingerprint density at radius 3 is 2.38 bits per heavy atom. The van der Waals surface area contributed by atoms with Gasteiger partial charge >= 0.3 is 5.97 Å². The predicted octanol–water partition coefficient (Wildman–Crippen LogP) is 6.19. The van der Waals surface area contributed by atoms with Gasteiger partial charge in [-0.3, -0.25) is 9.59 Å². The molecule has 0 aromatic heterocycles. The van der Waals surface area contributed by atoms with Crippen LogP contribution in [0, 0.1) is 51.2 Å². The molecule has 0 amide bonds. The van der Waals surface area contributed by atoms with Gasteiger partial charge in [0, 0.05) is 11.3 Å². The van der Waals surface area contributed by atoms with E-state index >= 15 is 0 Å². The van der Waals surface area contributed by atoms with Crippen LogP contribution < -0.4 is 0 Å². The Morgan fingerprint density at radius 2 is 1.71 bits per heavy atom. The summed E-state index contributed by atoms with van der Waals surface area (Å²) in [6.07, 6.45) is 10.9. The number of ether oxygens (including phenoxy) is 1. The summed E-state index contributed by atoms with van der Waals surface area (Å²) in [6.45, 7) is 11.6. The standard InChI is InChI=1S/C29H43NO4/c1-26(2)22-9-13-28(4)19-8-12-27(3)11-7-17(25(32)34-6)15-20(27)18(19)16-21(31)24(28)29(22,5)14-10-23(26)30-33/h16-17,19-20,22,24,33H,7-15H2,1-6H3. The summed E-state index contributed by atoms with van der Waals surface area (Å²) in [5.74, 6) is 1.23. The van der Waals surface area contributed by atoms with E-state index < -0.39 is 0 Å². The predicted molar refractivity (Wildman–Crippen MR) is 131 cm³/mol. The van der Waals surface area contributed by atoms with Crippen molar-refractivity contribution in [3.8, 4) is 0 Å². The number of hydrogen-bond donors (Lipinski definition) is 1. The van der Waals surface area contributed by atoms with E-state index in [4.69, 9.17) is 4.74 Å². The number of hydrogen-bond acceptors (Lipinski definition) is 5. The zero-order valence-corrected chi connectivity index (χ0v) is 21.9. The van der Waals surface area contributed by atoms with E-state index in [1.54, 1.807) is 0 Å². The molecule has 5 heteroatoms. The zero-order chi connectivity index (χ0) is 24.7.